The Kier molecular flexibility index (Phi) is 5.78. The number of hydrogen-bond acceptors (Lipinski definition) is 7. The van der Waals surface area contributed by atoms with Gasteiger partial charge in [0.2, 0.25) is 0 Å². The molecule has 0 bridgehead atoms. The Bertz CT molecular complexity index is 638. The van der Waals surface area contributed by atoms with Crippen LogP contribution in [0, 0.1) is 5.92 Å². The van der Waals surface area contributed by atoms with Crippen LogP contribution >= 0.6 is 0 Å². The number of esters is 1. The maximum Gasteiger partial charge on any atom is 0.329 e. The van der Waals surface area contributed by atoms with E-state index in [1.807, 2.05) is 0 Å². The molecular formula is C19H25NO6. The van der Waals surface area contributed by atoms with Gasteiger partial charge < -0.3 is 24.3 Å². The molecule has 3 rings (SSSR count). The van der Waals surface area contributed by atoms with E-state index in [9.17, 15) is 9.59 Å². The predicted octanol–water partition coefficient (Wildman–Crippen LogP) is 2.15. The molecule has 1 saturated heterocycles. The second-order valence-corrected chi connectivity index (χ2v) is 6.49. The fourth-order valence-corrected chi connectivity index (χ4v) is 3.54. The Balaban J connectivity index is 1.81. The van der Waals surface area contributed by atoms with Crippen molar-refractivity contribution in [2.75, 3.05) is 32.2 Å². The van der Waals surface area contributed by atoms with Gasteiger partial charge in [0.15, 0.2) is 5.79 Å². The van der Waals surface area contributed by atoms with Crippen molar-refractivity contribution in [2.45, 2.75) is 38.0 Å². The summed E-state index contributed by atoms with van der Waals surface area (Å²) in [4.78, 5) is 25.2. The lowest BCUT2D eigenvalue weighted by atomic mass is 9.79. The van der Waals surface area contributed by atoms with E-state index >= 15 is 0 Å². The van der Waals surface area contributed by atoms with Crippen molar-refractivity contribution in [3.8, 4) is 5.75 Å². The van der Waals surface area contributed by atoms with Crippen LogP contribution in [0.4, 0.5) is 5.69 Å². The molecule has 2 fully saturated rings. The van der Waals surface area contributed by atoms with E-state index in [0.717, 1.165) is 0 Å². The number of ketones is 1. The van der Waals surface area contributed by atoms with Gasteiger partial charge in [-0.3, -0.25) is 4.79 Å². The fourth-order valence-electron chi connectivity index (χ4n) is 3.54. The average Bonchev–Trinajstić information content (AvgIpc) is 3.11. The predicted molar refractivity (Wildman–Crippen MR) is 94.0 cm³/mol. The van der Waals surface area contributed by atoms with Gasteiger partial charge in [0.1, 0.15) is 17.6 Å². The number of ether oxygens (including phenoxy) is 4. The Labute approximate surface area is 152 Å². The number of rotatable bonds is 6. The van der Waals surface area contributed by atoms with Crippen molar-refractivity contribution in [1.29, 1.82) is 0 Å². The van der Waals surface area contributed by atoms with Crippen LogP contribution in [-0.4, -0.2) is 50.5 Å². The molecule has 1 N–H and O–H groups in total. The van der Waals surface area contributed by atoms with Gasteiger partial charge in [-0.2, -0.15) is 0 Å². The van der Waals surface area contributed by atoms with Gasteiger partial charge in [-0.05, 0) is 31.2 Å². The van der Waals surface area contributed by atoms with Crippen molar-refractivity contribution in [1.82, 2.24) is 0 Å². The van der Waals surface area contributed by atoms with Crippen molar-refractivity contribution in [2.24, 2.45) is 5.92 Å². The maximum atomic E-state index is 12.6. The van der Waals surface area contributed by atoms with E-state index < -0.39 is 23.7 Å². The lowest BCUT2D eigenvalue weighted by Gasteiger charge is -2.38. The minimum absolute atomic E-state index is 0.0220. The van der Waals surface area contributed by atoms with Crippen molar-refractivity contribution >= 4 is 17.4 Å². The zero-order valence-corrected chi connectivity index (χ0v) is 15.2. The number of Topliss-reactive ketones (excluding diaryl/α,β-unsaturated/α-hetero) is 1. The highest BCUT2D eigenvalue weighted by molar-refractivity contribution is 5.91. The van der Waals surface area contributed by atoms with Crippen LogP contribution < -0.4 is 10.1 Å². The van der Waals surface area contributed by atoms with Gasteiger partial charge in [0.25, 0.3) is 0 Å². The molecule has 1 saturated carbocycles. The molecule has 1 heterocycles. The summed E-state index contributed by atoms with van der Waals surface area (Å²) in [6, 6.07) is 6.39. The zero-order valence-electron chi connectivity index (χ0n) is 15.2. The van der Waals surface area contributed by atoms with Crippen molar-refractivity contribution in [3.05, 3.63) is 24.3 Å². The first kappa shape index (κ1) is 18.7. The van der Waals surface area contributed by atoms with Crippen molar-refractivity contribution in [3.63, 3.8) is 0 Å². The molecule has 0 radical (unpaired) electrons. The molecule has 7 heteroatoms. The van der Waals surface area contributed by atoms with E-state index in [1.165, 1.54) is 0 Å². The fraction of sp³-hybridized carbons (Fsp3) is 0.579. The SMILES string of the molecule is CCOC(=O)[C@@H](Nc1ccc(OC)cc1)[C@H]1CC2(CCC1=O)OCCO2. The molecule has 1 spiro atoms. The summed E-state index contributed by atoms with van der Waals surface area (Å²) < 4.78 is 21.9. The summed E-state index contributed by atoms with van der Waals surface area (Å²) in [7, 11) is 1.59. The summed E-state index contributed by atoms with van der Waals surface area (Å²) in [5.74, 6) is -1.04. The van der Waals surface area contributed by atoms with Gasteiger partial charge in [-0.15, -0.1) is 0 Å². The number of nitrogens with one attached hydrogen (secondary N) is 1. The van der Waals surface area contributed by atoms with E-state index in [2.05, 4.69) is 5.32 Å². The molecular weight excluding hydrogens is 338 g/mol. The third-order valence-corrected chi connectivity index (χ3v) is 4.87. The Morgan fingerprint density at radius 3 is 2.62 bits per heavy atom. The highest BCUT2D eigenvalue weighted by Gasteiger charge is 2.49. The van der Waals surface area contributed by atoms with Crippen LogP contribution in [0.15, 0.2) is 24.3 Å². The number of hydrogen-bond donors (Lipinski definition) is 1. The largest absolute Gasteiger partial charge is 0.497 e. The molecule has 1 aromatic rings. The molecule has 1 aromatic carbocycles. The number of carbonyl (C=O) groups is 2. The molecule has 26 heavy (non-hydrogen) atoms. The minimum Gasteiger partial charge on any atom is -0.497 e. The van der Waals surface area contributed by atoms with Gasteiger partial charge >= 0.3 is 5.97 Å². The van der Waals surface area contributed by atoms with E-state index in [4.69, 9.17) is 18.9 Å². The van der Waals surface area contributed by atoms with E-state index in [-0.39, 0.29) is 12.4 Å². The standard InChI is InChI=1S/C19H25NO6/c1-3-24-18(22)17(20-13-4-6-14(23-2)7-5-13)15-12-19(9-8-16(15)21)25-10-11-26-19/h4-7,15,17,20H,3,8-12H2,1-2H3/t15-,17-/m0/s1. The minimum atomic E-state index is -0.791. The van der Waals surface area contributed by atoms with E-state index in [0.29, 0.717) is 43.9 Å². The van der Waals surface area contributed by atoms with E-state index in [1.54, 1.807) is 38.3 Å². The zero-order chi connectivity index (χ0) is 18.6. The molecule has 0 unspecified atom stereocenters. The Hall–Kier alpha value is -2.12. The van der Waals surface area contributed by atoms with Gasteiger partial charge in [0, 0.05) is 24.9 Å². The molecule has 142 valence electrons. The first-order chi connectivity index (χ1) is 12.6. The third kappa shape index (κ3) is 3.99. The number of anilines is 1. The summed E-state index contributed by atoms with van der Waals surface area (Å²) in [5, 5.41) is 3.16. The van der Waals surface area contributed by atoms with Crippen LogP contribution in [0.3, 0.4) is 0 Å². The first-order valence-electron chi connectivity index (χ1n) is 8.95. The Morgan fingerprint density at radius 1 is 1.31 bits per heavy atom. The summed E-state index contributed by atoms with van der Waals surface area (Å²) >= 11 is 0. The quantitative estimate of drug-likeness (QED) is 0.775. The molecule has 0 aromatic heterocycles. The summed E-state index contributed by atoms with van der Waals surface area (Å²) in [5.41, 5.74) is 0.713. The van der Waals surface area contributed by atoms with Crippen LogP contribution in [0.1, 0.15) is 26.2 Å². The lowest BCUT2D eigenvalue weighted by molar-refractivity contribution is -0.191. The lowest BCUT2D eigenvalue weighted by Crippen LogP contribution is -2.50. The topological polar surface area (TPSA) is 83.1 Å². The second kappa shape index (κ2) is 8.05. The second-order valence-electron chi connectivity index (χ2n) is 6.49. The molecule has 1 aliphatic heterocycles. The molecule has 0 amide bonds. The third-order valence-electron chi connectivity index (χ3n) is 4.87. The highest BCUT2D eigenvalue weighted by Crippen LogP contribution is 2.39. The molecule has 7 nitrogen and oxygen atoms in total. The molecule has 1 aliphatic carbocycles. The monoisotopic (exact) mass is 363 g/mol. The number of carbonyl (C=O) groups excluding carboxylic acids is 2. The summed E-state index contributed by atoms with van der Waals surface area (Å²) in [6.07, 6.45) is 1.20. The maximum absolute atomic E-state index is 12.6. The van der Waals surface area contributed by atoms with Crippen molar-refractivity contribution < 1.29 is 28.5 Å². The Morgan fingerprint density at radius 2 is 2.00 bits per heavy atom. The summed E-state index contributed by atoms with van der Waals surface area (Å²) in [6.45, 7) is 3.02. The smallest absolute Gasteiger partial charge is 0.329 e. The van der Waals surface area contributed by atoms with Crippen LogP contribution in [-0.2, 0) is 23.8 Å². The van der Waals surface area contributed by atoms with Crippen LogP contribution in [0.2, 0.25) is 0 Å². The van der Waals surface area contributed by atoms with Gasteiger partial charge in [-0.1, -0.05) is 0 Å². The normalized spacial score (nSPS) is 22.8. The van der Waals surface area contributed by atoms with Crippen LogP contribution in [0.25, 0.3) is 0 Å². The van der Waals surface area contributed by atoms with Gasteiger partial charge in [0.05, 0.1) is 32.8 Å². The number of methoxy groups -OCH3 is 1. The number of benzene rings is 1. The van der Waals surface area contributed by atoms with Gasteiger partial charge in [-0.25, -0.2) is 4.79 Å². The first-order valence-corrected chi connectivity index (χ1v) is 8.95. The van der Waals surface area contributed by atoms with Crippen LogP contribution in [0.5, 0.6) is 5.75 Å². The average molecular weight is 363 g/mol. The highest BCUT2D eigenvalue weighted by atomic mass is 16.7. The molecule has 2 atom stereocenters. The molecule has 2 aliphatic rings.